The molecule has 3 nitrogen and oxygen atoms in total. The second-order valence-electron chi connectivity index (χ2n) is 7.32. The van der Waals surface area contributed by atoms with Crippen LogP contribution in [0.2, 0.25) is 0 Å². The number of hydrogen-bond donors (Lipinski definition) is 1. The smallest absolute Gasteiger partial charge is 0.125 e. The van der Waals surface area contributed by atoms with Crippen molar-refractivity contribution in [2.75, 3.05) is 0 Å². The molecule has 0 aliphatic heterocycles. The third-order valence-corrected chi connectivity index (χ3v) is 5.98. The minimum Gasteiger partial charge on any atom is -0.333 e. The van der Waals surface area contributed by atoms with E-state index in [1.165, 1.54) is 32.1 Å². The fraction of sp³-hybridized carbons (Fsp3) is 0.812. The van der Waals surface area contributed by atoms with E-state index in [9.17, 15) is 0 Å². The van der Waals surface area contributed by atoms with E-state index in [1.54, 1.807) is 0 Å². The lowest BCUT2D eigenvalue weighted by Crippen LogP contribution is -2.46. The predicted octanol–water partition coefficient (Wildman–Crippen LogP) is 2.98. The van der Waals surface area contributed by atoms with Gasteiger partial charge in [0, 0.05) is 18.9 Å². The first-order chi connectivity index (χ1) is 9.20. The Balaban J connectivity index is 1.55. The molecule has 19 heavy (non-hydrogen) atoms. The lowest BCUT2D eigenvalue weighted by molar-refractivity contribution is -0.0433. The van der Waals surface area contributed by atoms with Crippen LogP contribution in [0.5, 0.6) is 0 Å². The van der Waals surface area contributed by atoms with E-state index in [0.717, 1.165) is 42.0 Å². The van der Waals surface area contributed by atoms with Crippen molar-refractivity contribution in [3.8, 4) is 0 Å². The van der Waals surface area contributed by atoms with E-state index in [0.29, 0.717) is 0 Å². The molecule has 0 spiro atoms. The normalized spacial score (nSPS) is 41.7. The Morgan fingerprint density at radius 3 is 2.42 bits per heavy atom. The molecule has 0 saturated heterocycles. The highest BCUT2D eigenvalue weighted by Crippen LogP contribution is 2.56. The number of imidazole rings is 1. The van der Waals surface area contributed by atoms with E-state index in [4.69, 9.17) is 5.73 Å². The van der Waals surface area contributed by atoms with E-state index in [2.05, 4.69) is 15.7 Å². The molecule has 4 aliphatic carbocycles. The summed E-state index contributed by atoms with van der Waals surface area (Å²) in [6.45, 7) is 3.20. The van der Waals surface area contributed by atoms with E-state index in [1.807, 2.05) is 13.1 Å². The molecule has 1 heterocycles. The van der Waals surface area contributed by atoms with Crippen molar-refractivity contribution < 1.29 is 0 Å². The Bertz CT molecular complexity index is 434. The van der Waals surface area contributed by atoms with Gasteiger partial charge in [-0.15, -0.1) is 0 Å². The monoisotopic (exact) mass is 259 g/mol. The van der Waals surface area contributed by atoms with Crippen LogP contribution in [0.15, 0.2) is 12.4 Å². The molecule has 104 valence electrons. The molecule has 0 amide bonds. The quantitative estimate of drug-likeness (QED) is 0.907. The highest BCUT2D eigenvalue weighted by atomic mass is 15.1. The van der Waals surface area contributed by atoms with Gasteiger partial charge in [-0.1, -0.05) is 0 Å². The van der Waals surface area contributed by atoms with Crippen LogP contribution in [0.25, 0.3) is 0 Å². The van der Waals surface area contributed by atoms with Crippen LogP contribution < -0.4 is 5.73 Å². The van der Waals surface area contributed by atoms with Gasteiger partial charge < -0.3 is 10.3 Å². The number of hydrogen-bond acceptors (Lipinski definition) is 2. The molecule has 3 heteroatoms. The molecular formula is C16H25N3. The molecule has 4 saturated carbocycles. The Morgan fingerprint density at radius 2 is 1.84 bits per heavy atom. The summed E-state index contributed by atoms with van der Waals surface area (Å²) in [6, 6.07) is 0.0480. The van der Waals surface area contributed by atoms with E-state index < -0.39 is 0 Å². The molecule has 1 unspecified atom stereocenters. The third kappa shape index (κ3) is 1.94. The SMILES string of the molecule is CC(N)c1nccn1CC1C2CC3CC(C2)CC1C3. The molecule has 4 fully saturated rings. The largest absolute Gasteiger partial charge is 0.333 e. The Labute approximate surface area is 115 Å². The zero-order valence-corrected chi connectivity index (χ0v) is 11.8. The summed E-state index contributed by atoms with van der Waals surface area (Å²) < 4.78 is 2.33. The number of nitrogens with two attached hydrogens (primary N) is 1. The van der Waals surface area contributed by atoms with Gasteiger partial charge in [0.15, 0.2) is 0 Å². The molecule has 5 rings (SSSR count). The molecule has 1 aromatic heterocycles. The summed E-state index contributed by atoms with van der Waals surface area (Å²) in [7, 11) is 0. The van der Waals surface area contributed by atoms with Crippen molar-refractivity contribution in [1.29, 1.82) is 0 Å². The molecule has 4 aliphatic rings. The van der Waals surface area contributed by atoms with Crippen molar-refractivity contribution in [3.63, 3.8) is 0 Å². The first-order valence-electron chi connectivity index (χ1n) is 7.97. The van der Waals surface area contributed by atoms with Gasteiger partial charge in [0.05, 0.1) is 6.04 Å². The van der Waals surface area contributed by atoms with Crippen LogP contribution >= 0.6 is 0 Å². The zero-order valence-electron chi connectivity index (χ0n) is 11.8. The first kappa shape index (κ1) is 12.0. The summed E-state index contributed by atoms with van der Waals surface area (Å²) in [6.07, 6.45) is 11.6. The Kier molecular flexibility index (Phi) is 2.73. The van der Waals surface area contributed by atoms with Gasteiger partial charge in [-0.25, -0.2) is 4.98 Å². The second-order valence-corrected chi connectivity index (χ2v) is 7.32. The van der Waals surface area contributed by atoms with Gasteiger partial charge in [-0.2, -0.15) is 0 Å². The van der Waals surface area contributed by atoms with Gasteiger partial charge in [0.25, 0.3) is 0 Å². The zero-order chi connectivity index (χ0) is 13.0. The third-order valence-electron chi connectivity index (χ3n) is 5.98. The van der Waals surface area contributed by atoms with Crippen molar-refractivity contribution >= 4 is 0 Å². The van der Waals surface area contributed by atoms with Gasteiger partial charge in [0.2, 0.25) is 0 Å². The number of nitrogens with zero attached hydrogens (tertiary/aromatic N) is 2. The fourth-order valence-electron chi connectivity index (χ4n) is 5.44. The topological polar surface area (TPSA) is 43.8 Å². The molecule has 0 radical (unpaired) electrons. The van der Waals surface area contributed by atoms with Gasteiger partial charge in [-0.3, -0.25) is 0 Å². The summed E-state index contributed by atoms with van der Waals surface area (Å²) in [5, 5.41) is 0. The average molecular weight is 259 g/mol. The molecule has 0 aromatic carbocycles. The fourth-order valence-corrected chi connectivity index (χ4v) is 5.44. The lowest BCUT2D eigenvalue weighted by Gasteiger charge is -2.54. The van der Waals surface area contributed by atoms with Crippen molar-refractivity contribution in [2.45, 2.75) is 51.6 Å². The van der Waals surface area contributed by atoms with Gasteiger partial charge >= 0.3 is 0 Å². The minimum absolute atomic E-state index is 0.0480. The maximum atomic E-state index is 6.03. The van der Waals surface area contributed by atoms with Crippen molar-refractivity contribution in [2.24, 2.45) is 35.3 Å². The van der Waals surface area contributed by atoms with Crippen LogP contribution in [0.4, 0.5) is 0 Å². The van der Waals surface area contributed by atoms with Crippen LogP contribution in [-0.2, 0) is 6.54 Å². The molecular weight excluding hydrogens is 234 g/mol. The predicted molar refractivity (Wildman–Crippen MR) is 75.4 cm³/mol. The van der Waals surface area contributed by atoms with Crippen LogP contribution in [0.1, 0.15) is 50.9 Å². The van der Waals surface area contributed by atoms with E-state index in [-0.39, 0.29) is 6.04 Å². The maximum absolute atomic E-state index is 6.03. The highest BCUT2D eigenvalue weighted by Gasteiger charge is 2.48. The lowest BCUT2D eigenvalue weighted by atomic mass is 9.52. The molecule has 1 aromatic rings. The summed E-state index contributed by atoms with van der Waals surface area (Å²) in [5.41, 5.74) is 6.03. The van der Waals surface area contributed by atoms with E-state index >= 15 is 0 Å². The highest BCUT2D eigenvalue weighted by molar-refractivity contribution is 5.02. The van der Waals surface area contributed by atoms with Crippen LogP contribution in [0, 0.1) is 29.6 Å². The van der Waals surface area contributed by atoms with Crippen molar-refractivity contribution in [1.82, 2.24) is 9.55 Å². The van der Waals surface area contributed by atoms with Gasteiger partial charge in [0.1, 0.15) is 5.82 Å². The van der Waals surface area contributed by atoms with Gasteiger partial charge in [-0.05, 0) is 68.6 Å². The molecule has 4 bridgehead atoms. The summed E-state index contributed by atoms with van der Waals surface area (Å²) in [4.78, 5) is 4.44. The molecule has 2 N–H and O–H groups in total. The van der Waals surface area contributed by atoms with Crippen molar-refractivity contribution in [3.05, 3.63) is 18.2 Å². The first-order valence-corrected chi connectivity index (χ1v) is 7.97. The average Bonchev–Trinajstić information content (AvgIpc) is 2.81. The number of rotatable bonds is 3. The Hall–Kier alpha value is -0.830. The maximum Gasteiger partial charge on any atom is 0.125 e. The number of aromatic nitrogens is 2. The molecule has 1 atom stereocenters. The van der Waals surface area contributed by atoms with Crippen LogP contribution in [0.3, 0.4) is 0 Å². The minimum atomic E-state index is 0.0480. The standard InChI is InChI=1S/C16H25N3/c1-10(17)16-18-2-3-19(16)9-15-13-5-11-4-12(7-13)8-14(15)6-11/h2-3,10-15H,4-9,17H2,1H3. The Morgan fingerprint density at radius 1 is 1.21 bits per heavy atom. The summed E-state index contributed by atoms with van der Waals surface area (Å²) in [5.74, 6) is 6.05. The van der Waals surface area contributed by atoms with Crippen LogP contribution in [-0.4, -0.2) is 9.55 Å². The second kappa shape index (κ2) is 4.34. The summed E-state index contributed by atoms with van der Waals surface area (Å²) >= 11 is 0.